The zero-order valence-corrected chi connectivity index (χ0v) is 26.3. The van der Waals surface area contributed by atoms with Gasteiger partial charge in [-0.05, 0) is 50.6 Å². The summed E-state index contributed by atoms with van der Waals surface area (Å²) >= 11 is 2.86. The minimum atomic E-state index is -0.407. The number of hydrogen-bond acceptors (Lipinski definition) is 11. The van der Waals surface area contributed by atoms with Gasteiger partial charge in [0, 0.05) is 37.9 Å². The molecular formula is C30H32FN9O2S2. The number of carbonyl (C=O) groups excluding carboxylic acids is 1. The third-order valence-electron chi connectivity index (χ3n) is 8.66. The number of aliphatic hydroxyl groups is 1. The van der Waals surface area contributed by atoms with Gasteiger partial charge in [-0.3, -0.25) is 9.69 Å². The van der Waals surface area contributed by atoms with Crippen molar-refractivity contribution in [1.29, 1.82) is 5.26 Å². The molecule has 228 valence electrons. The predicted octanol–water partition coefficient (Wildman–Crippen LogP) is 3.79. The number of thiazole rings is 1. The fraction of sp³-hybridized carbons (Fsp3) is 0.433. The number of hydrogen-bond donors (Lipinski definition) is 1. The van der Waals surface area contributed by atoms with Crippen LogP contribution in [0, 0.1) is 17.1 Å². The molecule has 3 aliphatic rings. The van der Waals surface area contributed by atoms with Gasteiger partial charge in [0.1, 0.15) is 27.5 Å². The van der Waals surface area contributed by atoms with Crippen molar-refractivity contribution in [3.8, 4) is 17.3 Å². The van der Waals surface area contributed by atoms with Gasteiger partial charge >= 0.3 is 0 Å². The number of aromatic nitrogens is 4. The molecule has 0 radical (unpaired) electrons. The van der Waals surface area contributed by atoms with Crippen molar-refractivity contribution in [3.63, 3.8) is 0 Å². The first-order valence-electron chi connectivity index (χ1n) is 14.7. The number of likely N-dealkylation sites (tertiary alicyclic amines) is 1. The molecule has 0 aliphatic carbocycles. The lowest BCUT2D eigenvalue weighted by atomic mass is 10.1. The predicted molar refractivity (Wildman–Crippen MR) is 166 cm³/mol. The number of amides is 1. The maximum Gasteiger partial charge on any atom is 0.236 e. The molecule has 11 nitrogen and oxygen atoms in total. The summed E-state index contributed by atoms with van der Waals surface area (Å²) in [4.78, 5) is 31.9. The van der Waals surface area contributed by atoms with Crippen LogP contribution in [0.1, 0.15) is 41.3 Å². The second kappa shape index (κ2) is 11.2. The highest BCUT2D eigenvalue weighted by Gasteiger charge is 2.43. The van der Waals surface area contributed by atoms with E-state index >= 15 is 0 Å². The normalized spacial score (nSPS) is 19.9. The largest absolute Gasteiger partial charge is 0.389 e. The minimum absolute atomic E-state index is 0.0443. The summed E-state index contributed by atoms with van der Waals surface area (Å²) in [6, 6.07) is 8.25. The number of anilines is 2. The van der Waals surface area contributed by atoms with E-state index in [0.717, 1.165) is 40.9 Å². The Balaban J connectivity index is 1.17. The van der Waals surface area contributed by atoms with Crippen molar-refractivity contribution < 1.29 is 14.3 Å². The van der Waals surface area contributed by atoms with E-state index in [1.807, 2.05) is 23.5 Å². The number of nitrogens with zero attached hydrogens (tertiary/aromatic N) is 9. The van der Waals surface area contributed by atoms with E-state index < -0.39 is 6.10 Å². The number of aliphatic hydroxyl groups excluding tert-OH is 1. The number of aryl methyl sites for hydroxylation is 1. The van der Waals surface area contributed by atoms with Crippen LogP contribution in [0.15, 0.2) is 36.0 Å². The fourth-order valence-electron chi connectivity index (χ4n) is 6.37. The Bertz CT molecular complexity index is 1800. The van der Waals surface area contributed by atoms with E-state index in [2.05, 4.69) is 28.9 Å². The lowest BCUT2D eigenvalue weighted by Gasteiger charge is -2.38. The van der Waals surface area contributed by atoms with Gasteiger partial charge in [0.25, 0.3) is 0 Å². The number of likely N-dealkylation sites (N-methyl/N-ethyl adjacent to an activating group) is 1. The number of halogens is 1. The molecule has 44 heavy (non-hydrogen) atoms. The van der Waals surface area contributed by atoms with Crippen LogP contribution in [0.25, 0.3) is 16.2 Å². The molecule has 2 fully saturated rings. The smallest absolute Gasteiger partial charge is 0.236 e. The van der Waals surface area contributed by atoms with Crippen LogP contribution in [0.2, 0.25) is 0 Å². The van der Waals surface area contributed by atoms with Gasteiger partial charge in [0.2, 0.25) is 10.9 Å². The molecule has 14 heteroatoms. The first-order chi connectivity index (χ1) is 21.2. The Morgan fingerprint density at radius 3 is 2.68 bits per heavy atom. The first-order valence-corrected chi connectivity index (χ1v) is 16.3. The van der Waals surface area contributed by atoms with Gasteiger partial charge < -0.3 is 19.8 Å². The van der Waals surface area contributed by atoms with E-state index in [-0.39, 0.29) is 23.8 Å². The fourth-order valence-corrected chi connectivity index (χ4v) is 8.26. The van der Waals surface area contributed by atoms with Crippen molar-refractivity contribution >= 4 is 44.5 Å². The third kappa shape index (κ3) is 4.84. The van der Waals surface area contributed by atoms with E-state index in [1.54, 1.807) is 28.4 Å². The Labute approximate surface area is 262 Å². The molecule has 2 atom stereocenters. The number of allylic oxidation sites excluding steroid dienone is 1. The molecule has 3 aliphatic heterocycles. The SMILES string of the molecule is CCc1nc2sc([C@@H]3CC(N(C)CC(=O)N4CC(O)C4)N4CCC=C34)nn2c1N(C)c1nc(-c2ccc(F)cc2)c(C#N)s1. The summed E-state index contributed by atoms with van der Waals surface area (Å²) in [5, 5.41) is 26.2. The molecule has 7 rings (SSSR count). The molecule has 2 saturated heterocycles. The summed E-state index contributed by atoms with van der Waals surface area (Å²) in [5.41, 5.74) is 3.34. The molecule has 1 unspecified atom stereocenters. The molecule has 1 aromatic carbocycles. The van der Waals surface area contributed by atoms with Gasteiger partial charge in [-0.1, -0.05) is 35.7 Å². The summed E-state index contributed by atoms with van der Waals surface area (Å²) in [6.07, 6.45) is 4.44. The molecule has 3 aromatic heterocycles. The number of β-amino-alcohol motifs (C(OH)–C–C–N with tert-alkyl or cyclic N) is 1. The van der Waals surface area contributed by atoms with E-state index in [0.29, 0.717) is 47.3 Å². The summed E-state index contributed by atoms with van der Waals surface area (Å²) in [5.74, 6) is 0.602. The maximum atomic E-state index is 13.6. The van der Waals surface area contributed by atoms with Gasteiger partial charge in [-0.25, -0.2) is 14.4 Å². The van der Waals surface area contributed by atoms with Crippen molar-refractivity contribution in [3.05, 3.63) is 57.4 Å². The molecule has 0 bridgehead atoms. The van der Waals surface area contributed by atoms with E-state index in [9.17, 15) is 19.6 Å². The number of carbonyl (C=O) groups is 1. The van der Waals surface area contributed by atoms with Gasteiger partial charge in [0.05, 0.1) is 30.4 Å². The Morgan fingerprint density at radius 1 is 1.20 bits per heavy atom. The summed E-state index contributed by atoms with van der Waals surface area (Å²) < 4.78 is 15.4. The van der Waals surface area contributed by atoms with Gasteiger partial charge in [-0.15, -0.1) is 0 Å². The average molecular weight is 634 g/mol. The van der Waals surface area contributed by atoms with Crippen LogP contribution >= 0.6 is 22.7 Å². The number of imidazole rings is 1. The van der Waals surface area contributed by atoms with Crippen LogP contribution in [-0.4, -0.2) is 97.8 Å². The number of nitriles is 1. The zero-order valence-electron chi connectivity index (χ0n) is 24.6. The van der Waals surface area contributed by atoms with Gasteiger partial charge in [-0.2, -0.15) is 14.9 Å². The second-order valence-corrected chi connectivity index (χ2v) is 13.4. The van der Waals surface area contributed by atoms with Crippen molar-refractivity contribution in [2.45, 2.75) is 44.4 Å². The van der Waals surface area contributed by atoms with Crippen LogP contribution < -0.4 is 4.90 Å². The van der Waals surface area contributed by atoms with Crippen LogP contribution in [0.3, 0.4) is 0 Å². The number of benzene rings is 1. The van der Waals surface area contributed by atoms with Crippen LogP contribution in [-0.2, 0) is 11.2 Å². The molecule has 0 spiro atoms. The van der Waals surface area contributed by atoms with Crippen molar-refractivity contribution in [2.75, 3.05) is 45.2 Å². The topological polar surface area (TPSA) is 117 Å². The molecular weight excluding hydrogens is 602 g/mol. The quantitative estimate of drug-likeness (QED) is 0.309. The van der Waals surface area contributed by atoms with Crippen LogP contribution in [0.5, 0.6) is 0 Å². The number of rotatable bonds is 8. The van der Waals surface area contributed by atoms with E-state index in [1.165, 1.54) is 29.2 Å². The minimum Gasteiger partial charge on any atom is -0.389 e. The Kier molecular flexibility index (Phi) is 7.36. The summed E-state index contributed by atoms with van der Waals surface area (Å²) in [7, 11) is 3.90. The highest BCUT2D eigenvalue weighted by Crippen LogP contribution is 2.46. The average Bonchev–Trinajstić information content (AvgIpc) is 3.80. The Hall–Kier alpha value is -3.90. The summed E-state index contributed by atoms with van der Waals surface area (Å²) in [6.45, 7) is 4.10. The molecule has 6 heterocycles. The lowest BCUT2D eigenvalue weighted by Crippen LogP contribution is -2.56. The highest BCUT2D eigenvalue weighted by atomic mass is 32.1. The third-order valence-corrected chi connectivity index (χ3v) is 10.7. The molecule has 4 aromatic rings. The first kappa shape index (κ1) is 28.8. The maximum absolute atomic E-state index is 13.6. The second-order valence-electron chi connectivity index (χ2n) is 11.5. The molecule has 0 saturated carbocycles. The van der Waals surface area contributed by atoms with Crippen molar-refractivity contribution in [2.24, 2.45) is 0 Å². The standard InChI is InChI=1S/C30H32FN9O2S2/c1-4-21-28(37(3)29-34-26(23(13-32)43-29)17-7-9-18(31)10-8-17)40-30(33-21)44-27(35-40)20-12-24(39-11-5-6-22(20)39)36(2)16-25(42)38-14-19(41)15-38/h6-10,19-20,24,41H,4-5,11-12,14-16H2,1-3H3/t20-,24?/m1/s1. The highest BCUT2D eigenvalue weighted by molar-refractivity contribution is 7.17. The lowest BCUT2D eigenvalue weighted by molar-refractivity contribution is -0.143. The van der Waals surface area contributed by atoms with Crippen LogP contribution in [0.4, 0.5) is 15.3 Å². The van der Waals surface area contributed by atoms with E-state index in [4.69, 9.17) is 15.1 Å². The zero-order chi connectivity index (χ0) is 30.7. The molecule has 1 N–H and O–H groups in total. The Morgan fingerprint density at radius 2 is 1.98 bits per heavy atom. The van der Waals surface area contributed by atoms with Crippen molar-refractivity contribution in [1.82, 2.24) is 34.3 Å². The van der Waals surface area contributed by atoms with Gasteiger partial charge in [0.15, 0.2) is 10.9 Å². The number of fused-ring (bicyclic) bond motifs is 2. The monoisotopic (exact) mass is 633 g/mol. The molecule has 1 amide bonds.